The van der Waals surface area contributed by atoms with Crippen LogP contribution in [-0.4, -0.2) is 24.2 Å². The predicted octanol–water partition coefficient (Wildman–Crippen LogP) is 3.60. The number of aromatic nitrogens is 1. The summed E-state index contributed by atoms with van der Waals surface area (Å²) in [5, 5.41) is 4.83. The van der Waals surface area contributed by atoms with Crippen LogP contribution in [-0.2, 0) is 4.74 Å². The minimum Gasteiger partial charge on any atom is -0.381 e. The van der Waals surface area contributed by atoms with E-state index >= 15 is 0 Å². The van der Waals surface area contributed by atoms with Crippen LogP contribution in [0, 0.1) is 0 Å². The first-order valence-corrected chi connectivity index (χ1v) is 7.00. The molecule has 1 N–H and O–H groups in total. The predicted molar refractivity (Wildman–Crippen MR) is 78.4 cm³/mol. The van der Waals surface area contributed by atoms with Gasteiger partial charge in [-0.25, -0.2) is 0 Å². The summed E-state index contributed by atoms with van der Waals surface area (Å²) in [6.07, 6.45) is 6.96. The molecule has 2 aromatic rings. The molecular weight excluding hydrogens is 236 g/mol. The molecule has 2 unspecified atom stereocenters. The van der Waals surface area contributed by atoms with Crippen LogP contribution in [0.1, 0.15) is 25.7 Å². The molecule has 1 aromatic carbocycles. The molecule has 3 rings (SSSR count). The molecule has 1 aromatic heterocycles. The number of anilines is 1. The van der Waals surface area contributed by atoms with E-state index in [0.29, 0.717) is 12.1 Å². The summed E-state index contributed by atoms with van der Waals surface area (Å²) in [6, 6.07) is 10.9. The van der Waals surface area contributed by atoms with Crippen molar-refractivity contribution in [3.8, 4) is 0 Å². The first kappa shape index (κ1) is 12.4. The van der Waals surface area contributed by atoms with Gasteiger partial charge in [-0.3, -0.25) is 4.98 Å². The zero-order chi connectivity index (χ0) is 13.1. The van der Waals surface area contributed by atoms with Crippen molar-refractivity contribution >= 4 is 16.6 Å². The Morgan fingerprint density at radius 2 is 2.11 bits per heavy atom. The fraction of sp³-hybridized carbons (Fsp3) is 0.438. The maximum Gasteiger partial charge on any atom is 0.0933 e. The second-order valence-corrected chi connectivity index (χ2v) is 5.25. The average molecular weight is 256 g/mol. The van der Waals surface area contributed by atoms with Crippen molar-refractivity contribution in [2.75, 3.05) is 12.4 Å². The van der Waals surface area contributed by atoms with Crippen molar-refractivity contribution in [2.45, 2.75) is 37.8 Å². The normalized spacial score (nSPS) is 23.4. The Hall–Kier alpha value is -1.61. The standard InChI is InChI=1S/C16H20N2O/c1-19-14-8-3-7-13(11-14)18-15-9-2-5-12-6-4-10-17-16(12)15/h2,4-6,9-10,13-14,18H,3,7-8,11H2,1H3. The Kier molecular flexibility index (Phi) is 3.65. The maximum absolute atomic E-state index is 5.49. The Balaban J connectivity index is 1.81. The lowest BCUT2D eigenvalue weighted by Gasteiger charge is -2.29. The maximum atomic E-state index is 5.49. The highest BCUT2D eigenvalue weighted by Gasteiger charge is 2.21. The number of nitrogens with one attached hydrogen (secondary N) is 1. The Bertz CT molecular complexity index is 550. The van der Waals surface area contributed by atoms with Crippen LogP contribution in [0.4, 0.5) is 5.69 Å². The number of hydrogen-bond acceptors (Lipinski definition) is 3. The van der Waals surface area contributed by atoms with Gasteiger partial charge in [-0.05, 0) is 37.8 Å². The highest BCUT2D eigenvalue weighted by atomic mass is 16.5. The molecule has 1 aliphatic rings. The number of pyridine rings is 1. The molecule has 3 heteroatoms. The van der Waals surface area contributed by atoms with Crippen LogP contribution in [0.25, 0.3) is 10.9 Å². The quantitative estimate of drug-likeness (QED) is 0.911. The SMILES string of the molecule is COC1CCCC(Nc2cccc3cccnc23)C1. The van der Waals surface area contributed by atoms with Crippen LogP contribution in [0.2, 0.25) is 0 Å². The number of benzene rings is 1. The molecule has 1 saturated carbocycles. The molecule has 0 bridgehead atoms. The summed E-state index contributed by atoms with van der Waals surface area (Å²) in [5.41, 5.74) is 2.20. The molecule has 0 aliphatic heterocycles. The van der Waals surface area contributed by atoms with E-state index < -0.39 is 0 Å². The van der Waals surface area contributed by atoms with Crippen molar-refractivity contribution in [1.29, 1.82) is 0 Å². The number of rotatable bonds is 3. The molecule has 1 fully saturated rings. The van der Waals surface area contributed by atoms with Gasteiger partial charge in [-0.2, -0.15) is 0 Å². The first-order chi connectivity index (χ1) is 9.36. The van der Waals surface area contributed by atoms with Crippen molar-refractivity contribution in [2.24, 2.45) is 0 Å². The number of fused-ring (bicyclic) bond motifs is 1. The lowest BCUT2D eigenvalue weighted by molar-refractivity contribution is 0.0669. The van der Waals surface area contributed by atoms with E-state index in [1.165, 1.54) is 24.6 Å². The third kappa shape index (κ3) is 2.71. The van der Waals surface area contributed by atoms with E-state index in [-0.39, 0.29) is 0 Å². The average Bonchev–Trinajstić information content (AvgIpc) is 2.48. The van der Waals surface area contributed by atoms with E-state index in [0.717, 1.165) is 17.6 Å². The summed E-state index contributed by atoms with van der Waals surface area (Å²) < 4.78 is 5.49. The fourth-order valence-corrected chi connectivity index (χ4v) is 2.93. The Labute approximate surface area is 114 Å². The summed E-state index contributed by atoms with van der Waals surface area (Å²) in [5.74, 6) is 0. The highest BCUT2D eigenvalue weighted by molar-refractivity contribution is 5.90. The molecular formula is C16H20N2O. The minimum absolute atomic E-state index is 0.397. The number of para-hydroxylation sites is 1. The van der Waals surface area contributed by atoms with E-state index in [1.54, 1.807) is 0 Å². The number of ether oxygens (including phenoxy) is 1. The second kappa shape index (κ2) is 5.57. The van der Waals surface area contributed by atoms with Gasteiger partial charge in [0.1, 0.15) is 0 Å². The lowest BCUT2D eigenvalue weighted by Crippen LogP contribution is -2.31. The van der Waals surface area contributed by atoms with Crippen LogP contribution in [0.15, 0.2) is 36.5 Å². The van der Waals surface area contributed by atoms with Gasteiger partial charge < -0.3 is 10.1 Å². The van der Waals surface area contributed by atoms with Crippen LogP contribution in [0.5, 0.6) is 0 Å². The van der Waals surface area contributed by atoms with E-state index in [4.69, 9.17) is 4.74 Å². The van der Waals surface area contributed by atoms with E-state index in [2.05, 4.69) is 34.6 Å². The summed E-state index contributed by atoms with van der Waals surface area (Å²) in [4.78, 5) is 4.49. The van der Waals surface area contributed by atoms with Crippen LogP contribution in [0.3, 0.4) is 0 Å². The Morgan fingerprint density at radius 1 is 1.21 bits per heavy atom. The van der Waals surface area contributed by atoms with Crippen molar-refractivity contribution < 1.29 is 4.74 Å². The lowest BCUT2D eigenvalue weighted by atomic mass is 9.92. The van der Waals surface area contributed by atoms with Gasteiger partial charge in [0.25, 0.3) is 0 Å². The molecule has 1 heterocycles. The summed E-state index contributed by atoms with van der Waals surface area (Å²) in [7, 11) is 1.81. The third-order valence-electron chi connectivity index (χ3n) is 3.95. The molecule has 1 aliphatic carbocycles. The molecule has 2 atom stereocenters. The van der Waals surface area contributed by atoms with Gasteiger partial charge in [0.15, 0.2) is 0 Å². The number of hydrogen-bond donors (Lipinski definition) is 1. The smallest absolute Gasteiger partial charge is 0.0933 e. The second-order valence-electron chi connectivity index (χ2n) is 5.25. The largest absolute Gasteiger partial charge is 0.381 e. The van der Waals surface area contributed by atoms with Gasteiger partial charge in [0.05, 0.1) is 17.3 Å². The topological polar surface area (TPSA) is 34.1 Å². The van der Waals surface area contributed by atoms with Gasteiger partial charge >= 0.3 is 0 Å². The zero-order valence-corrected chi connectivity index (χ0v) is 11.3. The van der Waals surface area contributed by atoms with Gasteiger partial charge in [0, 0.05) is 24.7 Å². The molecule has 0 saturated heterocycles. The van der Waals surface area contributed by atoms with Crippen molar-refractivity contribution in [3.63, 3.8) is 0 Å². The van der Waals surface area contributed by atoms with Gasteiger partial charge in [-0.15, -0.1) is 0 Å². The fourth-order valence-electron chi connectivity index (χ4n) is 2.93. The van der Waals surface area contributed by atoms with Crippen LogP contribution >= 0.6 is 0 Å². The zero-order valence-electron chi connectivity index (χ0n) is 11.3. The van der Waals surface area contributed by atoms with Gasteiger partial charge in [0.2, 0.25) is 0 Å². The molecule has 3 nitrogen and oxygen atoms in total. The molecule has 19 heavy (non-hydrogen) atoms. The first-order valence-electron chi connectivity index (χ1n) is 7.00. The third-order valence-corrected chi connectivity index (χ3v) is 3.95. The van der Waals surface area contributed by atoms with E-state index in [9.17, 15) is 0 Å². The van der Waals surface area contributed by atoms with Crippen LogP contribution < -0.4 is 5.32 Å². The molecule has 0 spiro atoms. The minimum atomic E-state index is 0.397. The number of methoxy groups -OCH3 is 1. The molecule has 0 amide bonds. The summed E-state index contributed by atoms with van der Waals surface area (Å²) in [6.45, 7) is 0. The van der Waals surface area contributed by atoms with Gasteiger partial charge in [-0.1, -0.05) is 18.2 Å². The van der Waals surface area contributed by atoms with Crippen molar-refractivity contribution in [1.82, 2.24) is 4.98 Å². The summed E-state index contributed by atoms with van der Waals surface area (Å²) >= 11 is 0. The monoisotopic (exact) mass is 256 g/mol. The molecule has 100 valence electrons. The highest BCUT2D eigenvalue weighted by Crippen LogP contribution is 2.27. The van der Waals surface area contributed by atoms with E-state index in [1.807, 2.05) is 19.4 Å². The van der Waals surface area contributed by atoms with Crippen molar-refractivity contribution in [3.05, 3.63) is 36.5 Å². The Morgan fingerprint density at radius 3 is 3.00 bits per heavy atom. The molecule has 0 radical (unpaired) electrons. The number of nitrogens with zero attached hydrogens (tertiary/aromatic N) is 1.